The van der Waals surface area contributed by atoms with E-state index in [1.54, 1.807) is 0 Å². The van der Waals surface area contributed by atoms with Gasteiger partial charge >= 0.3 is 0 Å². The number of rotatable bonds is 2. The maximum absolute atomic E-state index is 9.70. The van der Waals surface area contributed by atoms with Gasteiger partial charge in [0.25, 0.3) is 0 Å². The van der Waals surface area contributed by atoms with Crippen molar-refractivity contribution in [1.29, 1.82) is 10.5 Å². The largest absolute Gasteiger partial charge is 0.319 e. The fraction of sp³-hybridized carbons (Fsp3) is 0.235. The van der Waals surface area contributed by atoms with Gasteiger partial charge in [-0.05, 0) is 18.2 Å². The van der Waals surface area contributed by atoms with Gasteiger partial charge in [0, 0.05) is 18.7 Å². The molecule has 2 aliphatic rings. The van der Waals surface area contributed by atoms with Crippen molar-refractivity contribution >= 4 is 23.2 Å². The van der Waals surface area contributed by atoms with Crippen LogP contribution in [0.5, 0.6) is 0 Å². The second-order valence-corrected chi connectivity index (χ2v) is 5.73. The minimum atomic E-state index is 0.500. The molecule has 0 saturated carbocycles. The van der Waals surface area contributed by atoms with E-state index < -0.39 is 0 Å². The molecular formula is C17H14N4S. The number of hydrogen-bond acceptors (Lipinski definition) is 5. The van der Waals surface area contributed by atoms with Crippen LogP contribution in [0.4, 0.5) is 0 Å². The van der Waals surface area contributed by atoms with Crippen molar-refractivity contribution in [3.63, 3.8) is 0 Å². The van der Waals surface area contributed by atoms with Gasteiger partial charge in [-0.3, -0.25) is 4.99 Å². The van der Waals surface area contributed by atoms with Crippen LogP contribution in [0.1, 0.15) is 12.0 Å². The summed E-state index contributed by atoms with van der Waals surface area (Å²) >= 11 is 1.53. The van der Waals surface area contributed by atoms with E-state index in [0.29, 0.717) is 22.6 Å². The second kappa shape index (κ2) is 6.09. The van der Waals surface area contributed by atoms with Gasteiger partial charge in [-0.15, -0.1) is 11.8 Å². The Bertz CT molecular complexity index is 775. The van der Waals surface area contributed by atoms with Gasteiger partial charge in [0.15, 0.2) is 0 Å². The van der Waals surface area contributed by atoms with E-state index in [-0.39, 0.29) is 0 Å². The zero-order valence-corrected chi connectivity index (χ0v) is 13.0. The van der Waals surface area contributed by atoms with Gasteiger partial charge in [0.1, 0.15) is 23.5 Å². The summed E-state index contributed by atoms with van der Waals surface area (Å²) in [6, 6.07) is 14.2. The van der Waals surface area contributed by atoms with Gasteiger partial charge in [-0.1, -0.05) is 30.3 Å². The van der Waals surface area contributed by atoms with Crippen LogP contribution in [-0.4, -0.2) is 30.1 Å². The third-order valence-corrected chi connectivity index (χ3v) is 4.53. The Morgan fingerprint density at radius 2 is 1.86 bits per heavy atom. The summed E-state index contributed by atoms with van der Waals surface area (Å²) in [6.07, 6.45) is 2.89. The first-order valence-electron chi connectivity index (χ1n) is 7.02. The summed E-state index contributed by atoms with van der Waals surface area (Å²) in [6.45, 7) is 1.52. The van der Waals surface area contributed by atoms with E-state index in [0.717, 1.165) is 30.1 Å². The predicted octanol–water partition coefficient (Wildman–Crippen LogP) is 3.18. The quantitative estimate of drug-likeness (QED) is 0.842. The average Bonchev–Trinajstić information content (AvgIpc) is 2.60. The molecule has 2 aliphatic heterocycles. The normalized spacial score (nSPS) is 17.6. The first-order valence-corrected chi connectivity index (χ1v) is 8.25. The van der Waals surface area contributed by atoms with Gasteiger partial charge in [0.2, 0.25) is 0 Å². The van der Waals surface area contributed by atoms with Crippen LogP contribution >= 0.6 is 11.8 Å². The minimum absolute atomic E-state index is 0.500. The van der Waals surface area contributed by atoms with E-state index in [4.69, 9.17) is 0 Å². The molecule has 0 radical (unpaired) electrons. The molecule has 108 valence electrons. The molecule has 4 nitrogen and oxygen atoms in total. The van der Waals surface area contributed by atoms with E-state index >= 15 is 0 Å². The number of fused-ring (bicyclic) bond motifs is 1. The number of amidine groups is 1. The second-order valence-electron chi connectivity index (χ2n) is 4.93. The Balaban J connectivity index is 2.33. The van der Waals surface area contributed by atoms with Crippen molar-refractivity contribution in [2.45, 2.75) is 6.42 Å². The van der Waals surface area contributed by atoms with Gasteiger partial charge in [0.05, 0.1) is 10.6 Å². The highest BCUT2D eigenvalue weighted by molar-refractivity contribution is 8.02. The SMILES string of the molecule is CSC1=C(C#N)C(c2ccccc2)=C(C#N)C2=NCCCN21. The Morgan fingerprint density at radius 3 is 2.50 bits per heavy atom. The minimum Gasteiger partial charge on any atom is -0.319 e. The van der Waals surface area contributed by atoms with Crippen LogP contribution in [0.2, 0.25) is 0 Å². The summed E-state index contributed by atoms with van der Waals surface area (Å²) in [5.74, 6) is 0.705. The third-order valence-electron chi connectivity index (χ3n) is 3.72. The summed E-state index contributed by atoms with van der Waals surface area (Å²) in [7, 11) is 0. The molecule has 0 spiro atoms. The average molecular weight is 306 g/mol. The highest BCUT2D eigenvalue weighted by Crippen LogP contribution is 2.40. The lowest BCUT2D eigenvalue weighted by atomic mass is 9.90. The molecule has 0 atom stereocenters. The van der Waals surface area contributed by atoms with Crippen molar-refractivity contribution < 1.29 is 0 Å². The number of allylic oxidation sites excluding steroid dienone is 2. The predicted molar refractivity (Wildman–Crippen MR) is 88.8 cm³/mol. The van der Waals surface area contributed by atoms with Crippen LogP contribution < -0.4 is 0 Å². The van der Waals surface area contributed by atoms with E-state index in [1.807, 2.05) is 41.5 Å². The molecule has 0 amide bonds. The monoisotopic (exact) mass is 306 g/mol. The lowest BCUT2D eigenvalue weighted by Crippen LogP contribution is -2.38. The molecule has 0 fully saturated rings. The summed E-state index contributed by atoms with van der Waals surface area (Å²) in [5, 5.41) is 20.3. The van der Waals surface area contributed by atoms with Crippen LogP contribution in [0, 0.1) is 22.7 Å². The van der Waals surface area contributed by atoms with Gasteiger partial charge in [-0.25, -0.2) is 0 Å². The lowest BCUT2D eigenvalue weighted by Gasteiger charge is -2.35. The van der Waals surface area contributed by atoms with Crippen LogP contribution in [-0.2, 0) is 0 Å². The molecule has 3 rings (SSSR count). The Labute approximate surface area is 134 Å². The smallest absolute Gasteiger partial charge is 0.147 e. The highest BCUT2D eigenvalue weighted by atomic mass is 32.2. The summed E-state index contributed by atoms with van der Waals surface area (Å²) in [5.41, 5.74) is 2.65. The molecule has 0 unspecified atom stereocenters. The number of hydrogen-bond donors (Lipinski definition) is 0. The lowest BCUT2D eigenvalue weighted by molar-refractivity contribution is 0.497. The fourth-order valence-electron chi connectivity index (χ4n) is 2.81. The number of aliphatic imine (C=N–C) groups is 1. The molecule has 0 aromatic heterocycles. The molecule has 0 bridgehead atoms. The van der Waals surface area contributed by atoms with Crippen molar-refractivity contribution in [2.75, 3.05) is 19.3 Å². The fourth-order valence-corrected chi connectivity index (χ4v) is 3.56. The van der Waals surface area contributed by atoms with E-state index in [9.17, 15) is 10.5 Å². The van der Waals surface area contributed by atoms with E-state index in [2.05, 4.69) is 17.1 Å². The summed E-state index contributed by atoms with van der Waals surface area (Å²) < 4.78 is 0. The maximum Gasteiger partial charge on any atom is 0.147 e. The molecular weight excluding hydrogens is 292 g/mol. The molecule has 1 aromatic rings. The Hall–Kier alpha value is -2.50. The molecule has 0 N–H and O–H groups in total. The van der Waals surface area contributed by atoms with Gasteiger partial charge in [-0.2, -0.15) is 10.5 Å². The van der Waals surface area contributed by atoms with E-state index in [1.165, 1.54) is 11.8 Å². The molecule has 2 heterocycles. The number of nitrogens with zero attached hydrogens (tertiary/aromatic N) is 4. The summed E-state index contributed by atoms with van der Waals surface area (Å²) in [4.78, 5) is 6.56. The first kappa shape index (κ1) is 14.4. The Kier molecular flexibility index (Phi) is 4.00. The zero-order valence-electron chi connectivity index (χ0n) is 12.2. The van der Waals surface area contributed by atoms with Crippen molar-refractivity contribution in [3.05, 3.63) is 52.1 Å². The maximum atomic E-state index is 9.70. The van der Waals surface area contributed by atoms with Crippen LogP contribution in [0.25, 0.3) is 5.57 Å². The number of nitriles is 2. The molecule has 0 saturated heterocycles. The van der Waals surface area contributed by atoms with Crippen molar-refractivity contribution in [2.24, 2.45) is 4.99 Å². The van der Waals surface area contributed by atoms with Gasteiger partial charge < -0.3 is 4.90 Å². The highest BCUT2D eigenvalue weighted by Gasteiger charge is 2.34. The zero-order chi connectivity index (χ0) is 15.5. The van der Waals surface area contributed by atoms with Crippen LogP contribution in [0.3, 0.4) is 0 Å². The molecule has 1 aromatic carbocycles. The first-order chi connectivity index (χ1) is 10.8. The topological polar surface area (TPSA) is 63.2 Å². The molecule has 5 heteroatoms. The Morgan fingerprint density at radius 1 is 1.14 bits per heavy atom. The third kappa shape index (κ3) is 2.20. The van der Waals surface area contributed by atoms with Crippen molar-refractivity contribution in [1.82, 2.24) is 4.90 Å². The molecule has 22 heavy (non-hydrogen) atoms. The molecule has 0 aliphatic carbocycles. The van der Waals surface area contributed by atoms with Crippen molar-refractivity contribution in [3.8, 4) is 12.1 Å². The number of thioether (sulfide) groups is 1. The van der Waals surface area contributed by atoms with Crippen LogP contribution in [0.15, 0.2) is 51.5 Å². The number of benzene rings is 1. The standard InChI is InChI=1S/C17H14N4S/c1-22-17-14(11-19)15(12-6-3-2-4-7-12)13(10-18)16-20-8-5-9-21(16)17/h2-4,6-7H,5,8-9H2,1H3.